The van der Waals surface area contributed by atoms with Crippen LogP contribution in [-0.4, -0.2) is 36.5 Å². The number of carboxylic acid groups (broad SMARTS) is 1. The molecule has 0 amide bonds. The molecule has 3 aromatic rings. The van der Waals surface area contributed by atoms with Crippen molar-refractivity contribution in [3.05, 3.63) is 83.7 Å². The van der Waals surface area contributed by atoms with Gasteiger partial charge in [-0.1, -0.05) is 48.6 Å². The lowest BCUT2D eigenvalue weighted by atomic mass is 9.73. The highest BCUT2D eigenvalue weighted by Gasteiger charge is 2.40. The molecule has 25 heavy (non-hydrogen) atoms. The summed E-state index contributed by atoms with van der Waals surface area (Å²) in [5.41, 5.74) is 2.48. The first-order valence-corrected chi connectivity index (χ1v) is 7.79. The summed E-state index contributed by atoms with van der Waals surface area (Å²) >= 11 is 0. The average Bonchev–Trinajstić information content (AvgIpc) is 3.35. The second kappa shape index (κ2) is 5.86. The van der Waals surface area contributed by atoms with E-state index in [4.69, 9.17) is 0 Å². The van der Waals surface area contributed by atoms with E-state index in [9.17, 15) is 9.90 Å². The molecule has 0 fully saturated rings. The number of nitrogens with one attached hydrogen (secondary N) is 2. The Bertz CT molecular complexity index is 957. The number of H-pyrrole nitrogens is 2. The van der Waals surface area contributed by atoms with Crippen LogP contribution in [-0.2, 0) is 5.41 Å². The molecule has 124 valence electrons. The monoisotopic (exact) mass is 333 g/mol. The van der Waals surface area contributed by atoms with Crippen molar-refractivity contribution in [3.8, 4) is 0 Å². The van der Waals surface area contributed by atoms with Crippen LogP contribution >= 0.6 is 0 Å². The van der Waals surface area contributed by atoms with E-state index in [1.165, 1.54) is 0 Å². The van der Waals surface area contributed by atoms with Crippen LogP contribution in [0.5, 0.6) is 0 Å². The molecule has 0 saturated carbocycles. The zero-order valence-corrected chi connectivity index (χ0v) is 13.2. The first-order valence-electron chi connectivity index (χ1n) is 7.79. The van der Waals surface area contributed by atoms with Gasteiger partial charge in [0, 0.05) is 6.20 Å². The first-order chi connectivity index (χ1) is 12.2. The maximum Gasteiger partial charge on any atom is 0.358 e. The number of carboxylic acids is 1. The quantitative estimate of drug-likeness (QED) is 0.680. The van der Waals surface area contributed by atoms with Crippen LogP contribution in [0.15, 0.2) is 61.1 Å². The van der Waals surface area contributed by atoms with E-state index >= 15 is 0 Å². The van der Waals surface area contributed by atoms with Crippen LogP contribution in [0, 0.1) is 0 Å². The lowest BCUT2D eigenvalue weighted by Gasteiger charge is -2.29. The molecule has 0 saturated heterocycles. The van der Waals surface area contributed by atoms with E-state index < -0.39 is 11.4 Å². The fourth-order valence-electron chi connectivity index (χ4n) is 3.18. The van der Waals surface area contributed by atoms with Gasteiger partial charge in [-0.3, -0.25) is 0 Å². The van der Waals surface area contributed by atoms with Crippen molar-refractivity contribution in [1.82, 2.24) is 25.4 Å². The minimum absolute atomic E-state index is 0.0872. The van der Waals surface area contributed by atoms with Gasteiger partial charge in [-0.15, -0.1) is 5.10 Å². The molecule has 0 radical (unpaired) electrons. The van der Waals surface area contributed by atoms with E-state index in [1.807, 2.05) is 42.5 Å². The van der Waals surface area contributed by atoms with Crippen LogP contribution < -0.4 is 0 Å². The average molecular weight is 333 g/mol. The molecule has 1 unspecified atom stereocenters. The summed E-state index contributed by atoms with van der Waals surface area (Å²) in [4.78, 5) is 18.7. The Hall–Kier alpha value is -3.48. The molecule has 7 heteroatoms. The SMILES string of the molecule is O=C(O)c1n[nH]nc1C1(c2cnc[nH]2)C=CC(c2ccccc2)=CC1. The fraction of sp³-hybridized carbons (Fsp3) is 0.111. The van der Waals surface area contributed by atoms with Crippen LogP contribution in [0.3, 0.4) is 0 Å². The molecule has 0 spiro atoms. The molecule has 1 atom stereocenters. The largest absolute Gasteiger partial charge is 0.476 e. The third-order valence-electron chi connectivity index (χ3n) is 4.45. The topological polar surface area (TPSA) is 108 Å². The van der Waals surface area contributed by atoms with Gasteiger partial charge >= 0.3 is 5.97 Å². The predicted molar refractivity (Wildman–Crippen MR) is 90.9 cm³/mol. The molecule has 1 aliphatic rings. The van der Waals surface area contributed by atoms with Gasteiger partial charge in [0.05, 0.1) is 17.4 Å². The summed E-state index contributed by atoms with van der Waals surface area (Å²) in [6.45, 7) is 0. The molecule has 2 heterocycles. The zero-order valence-electron chi connectivity index (χ0n) is 13.2. The van der Waals surface area contributed by atoms with E-state index in [-0.39, 0.29) is 5.69 Å². The van der Waals surface area contributed by atoms with Crippen molar-refractivity contribution in [2.75, 3.05) is 0 Å². The minimum Gasteiger partial charge on any atom is -0.476 e. The number of carbonyl (C=O) groups is 1. The summed E-state index contributed by atoms with van der Waals surface area (Å²) < 4.78 is 0. The first kappa shape index (κ1) is 15.1. The Morgan fingerprint density at radius 3 is 2.68 bits per heavy atom. The summed E-state index contributed by atoms with van der Waals surface area (Å²) in [7, 11) is 0. The van der Waals surface area contributed by atoms with Gasteiger partial charge in [0.1, 0.15) is 5.69 Å². The normalized spacial score (nSPS) is 19.6. The van der Waals surface area contributed by atoms with Crippen molar-refractivity contribution < 1.29 is 9.90 Å². The second-order valence-corrected chi connectivity index (χ2v) is 5.83. The minimum atomic E-state index is -1.12. The number of aromatic nitrogens is 5. The van der Waals surface area contributed by atoms with Crippen molar-refractivity contribution in [2.45, 2.75) is 11.8 Å². The van der Waals surface area contributed by atoms with Crippen LogP contribution in [0.4, 0.5) is 0 Å². The van der Waals surface area contributed by atoms with Gasteiger partial charge in [0.2, 0.25) is 0 Å². The number of hydrogen-bond donors (Lipinski definition) is 3. The summed E-state index contributed by atoms with van der Waals surface area (Å²) in [6.07, 6.45) is 9.83. The molecule has 0 aliphatic heterocycles. The molecule has 1 aromatic carbocycles. The van der Waals surface area contributed by atoms with Gasteiger partial charge < -0.3 is 10.1 Å². The summed E-state index contributed by atoms with van der Waals surface area (Å²) in [5.74, 6) is -1.12. The number of hydrogen-bond acceptors (Lipinski definition) is 4. The van der Waals surface area contributed by atoms with Gasteiger partial charge in [-0.05, 0) is 17.6 Å². The maximum atomic E-state index is 11.5. The molecular formula is C18H15N5O2. The third-order valence-corrected chi connectivity index (χ3v) is 4.45. The van der Waals surface area contributed by atoms with Crippen LogP contribution in [0.25, 0.3) is 5.57 Å². The highest BCUT2D eigenvalue weighted by atomic mass is 16.4. The Morgan fingerprint density at radius 1 is 1.20 bits per heavy atom. The Kier molecular flexibility index (Phi) is 3.53. The van der Waals surface area contributed by atoms with E-state index in [0.717, 1.165) is 16.8 Å². The Morgan fingerprint density at radius 2 is 2.04 bits per heavy atom. The number of aromatic amines is 2. The number of imidazole rings is 1. The van der Waals surface area contributed by atoms with Crippen molar-refractivity contribution in [2.24, 2.45) is 0 Å². The van der Waals surface area contributed by atoms with Crippen LogP contribution in [0.1, 0.15) is 33.9 Å². The fourth-order valence-corrected chi connectivity index (χ4v) is 3.18. The molecule has 3 N–H and O–H groups in total. The van der Waals surface area contributed by atoms with E-state index in [0.29, 0.717) is 12.1 Å². The van der Waals surface area contributed by atoms with Crippen molar-refractivity contribution in [3.63, 3.8) is 0 Å². The molecule has 2 aromatic heterocycles. The summed E-state index contributed by atoms with van der Waals surface area (Å²) in [6, 6.07) is 10.0. The molecule has 0 bridgehead atoms. The maximum absolute atomic E-state index is 11.5. The lowest BCUT2D eigenvalue weighted by Crippen LogP contribution is -2.29. The smallest absolute Gasteiger partial charge is 0.358 e. The predicted octanol–water partition coefficient (Wildman–Crippen LogP) is 2.56. The Balaban J connectivity index is 1.81. The van der Waals surface area contributed by atoms with Gasteiger partial charge in [-0.2, -0.15) is 10.3 Å². The van der Waals surface area contributed by atoms with Crippen molar-refractivity contribution >= 4 is 11.5 Å². The van der Waals surface area contributed by atoms with Crippen LogP contribution in [0.2, 0.25) is 0 Å². The van der Waals surface area contributed by atoms with Gasteiger partial charge in [0.25, 0.3) is 0 Å². The van der Waals surface area contributed by atoms with E-state index in [1.54, 1.807) is 12.5 Å². The molecular weight excluding hydrogens is 318 g/mol. The number of benzene rings is 1. The van der Waals surface area contributed by atoms with E-state index in [2.05, 4.69) is 31.5 Å². The third kappa shape index (κ3) is 2.46. The molecule has 1 aliphatic carbocycles. The Labute approximate surface area is 143 Å². The van der Waals surface area contributed by atoms with Gasteiger partial charge in [0.15, 0.2) is 5.69 Å². The second-order valence-electron chi connectivity index (χ2n) is 5.83. The number of nitrogens with zero attached hydrogens (tertiary/aromatic N) is 3. The molecule has 4 rings (SSSR count). The standard InChI is InChI=1S/C18H15N5O2/c24-17(25)15-16(22-23-21-15)18(14-10-19-11-20-14)8-6-13(7-9-18)12-4-2-1-3-5-12/h1-8,10-11H,9H2,(H,19,20)(H,24,25)(H,21,22,23). The lowest BCUT2D eigenvalue weighted by molar-refractivity contribution is 0.0688. The zero-order chi connectivity index (χ0) is 17.3. The highest BCUT2D eigenvalue weighted by molar-refractivity contribution is 5.87. The summed E-state index contributed by atoms with van der Waals surface area (Å²) in [5, 5.41) is 19.8. The number of aromatic carboxylic acids is 1. The van der Waals surface area contributed by atoms with Gasteiger partial charge in [-0.25, -0.2) is 9.78 Å². The van der Waals surface area contributed by atoms with Crippen molar-refractivity contribution in [1.29, 1.82) is 0 Å². The number of rotatable bonds is 4. The number of allylic oxidation sites excluding steroid dienone is 4. The molecule has 7 nitrogen and oxygen atoms in total. The highest BCUT2D eigenvalue weighted by Crippen LogP contribution is 2.41.